The average Bonchev–Trinajstić information content (AvgIpc) is 1.73. The number of unbranched alkanes of at least 4 members (excludes halogenated alkanes) is 3. The van der Waals surface area contributed by atoms with Gasteiger partial charge < -0.3 is 119 Å². The summed E-state index contributed by atoms with van der Waals surface area (Å²) in [4.78, 5) is 212. The van der Waals surface area contributed by atoms with E-state index in [4.69, 9.17) is 34.4 Å². The van der Waals surface area contributed by atoms with E-state index in [1.165, 1.54) is 6.92 Å². The Labute approximate surface area is 658 Å². The van der Waals surface area contributed by atoms with Gasteiger partial charge >= 0.3 is 11.9 Å². The first-order valence-corrected chi connectivity index (χ1v) is 38.4. The summed E-state index contributed by atoms with van der Waals surface area (Å²) in [7, 11) is 0. The van der Waals surface area contributed by atoms with Crippen LogP contribution in [0.4, 0.5) is 0 Å². The van der Waals surface area contributed by atoms with Crippen molar-refractivity contribution in [3.63, 3.8) is 0 Å². The summed E-state index contributed by atoms with van der Waals surface area (Å²) < 4.78 is 0. The van der Waals surface area contributed by atoms with E-state index >= 15 is 0 Å². The molecule has 28 N–H and O–H groups in total. The lowest BCUT2D eigenvalue weighted by atomic mass is 9.96. The first kappa shape index (κ1) is 96.3. The summed E-state index contributed by atoms with van der Waals surface area (Å²) in [6.45, 7) is 10.5. The Kier molecular flexibility index (Phi) is 44.0. The molecule has 0 saturated carbocycles. The van der Waals surface area contributed by atoms with Gasteiger partial charge in [0.2, 0.25) is 76.8 Å². The maximum absolute atomic E-state index is 14.9. The van der Waals surface area contributed by atoms with Crippen LogP contribution in [0.15, 0.2) is 65.8 Å². The van der Waals surface area contributed by atoms with Crippen molar-refractivity contribution in [1.82, 2.24) is 74.1 Å². The number of carbonyl (C=O) groups is 15. The molecule has 113 heavy (non-hydrogen) atoms. The smallest absolute Gasteiger partial charge is 0.326 e. The molecule has 0 aliphatic heterocycles. The molecule has 0 saturated heterocycles. The number of aromatic amines is 1. The minimum atomic E-state index is -1.45. The zero-order valence-corrected chi connectivity index (χ0v) is 65.8. The van der Waals surface area contributed by atoms with E-state index in [0.29, 0.717) is 80.1 Å². The third-order valence-corrected chi connectivity index (χ3v) is 18.4. The largest absolute Gasteiger partial charge is 0.481 e. The molecule has 1 aromatic heterocycles. The minimum absolute atomic E-state index is 0.00440. The summed E-state index contributed by atoms with van der Waals surface area (Å²) in [5.74, 6) is -15.1. The number of benzene rings is 2. The van der Waals surface area contributed by atoms with E-state index in [2.05, 4.69) is 79.1 Å². The molecule has 0 bridgehead atoms. The van der Waals surface area contributed by atoms with Crippen LogP contribution in [-0.4, -0.2) is 222 Å². The second-order valence-corrected chi connectivity index (χ2v) is 28.7. The fourth-order valence-corrected chi connectivity index (χ4v) is 11.8. The van der Waals surface area contributed by atoms with E-state index < -0.39 is 193 Å². The Morgan fingerprint density at radius 3 is 1.50 bits per heavy atom. The van der Waals surface area contributed by atoms with Gasteiger partial charge in [-0.2, -0.15) is 0 Å². The number of hydrogen-bond donors (Lipinski definition) is 22. The highest BCUT2D eigenvalue weighted by molar-refractivity contribution is 6.00. The van der Waals surface area contributed by atoms with Gasteiger partial charge in [-0.15, -0.1) is 0 Å². The van der Waals surface area contributed by atoms with Gasteiger partial charge in [0.05, 0.1) is 25.7 Å². The number of aliphatic imine (C=N–C) groups is 1. The predicted molar refractivity (Wildman–Crippen MR) is 421 cm³/mol. The van der Waals surface area contributed by atoms with E-state index in [0.717, 1.165) is 0 Å². The number of aliphatic carboxylic acids is 2. The van der Waals surface area contributed by atoms with Crippen LogP contribution < -0.4 is 104 Å². The van der Waals surface area contributed by atoms with Gasteiger partial charge in [-0.25, -0.2) is 4.79 Å². The molecule has 2 aromatic carbocycles. The first-order chi connectivity index (χ1) is 53.6. The molecule has 1 heterocycles. The molecular weight excluding hydrogens is 1470 g/mol. The van der Waals surface area contributed by atoms with Gasteiger partial charge in [0, 0.05) is 42.9 Å². The summed E-state index contributed by atoms with van der Waals surface area (Å²) in [6.07, 6.45) is 4.00. The Morgan fingerprint density at radius 2 is 0.920 bits per heavy atom. The molecule has 0 radical (unpaired) electrons. The van der Waals surface area contributed by atoms with Gasteiger partial charge in [0.15, 0.2) is 5.96 Å². The molecule has 0 spiro atoms. The van der Waals surface area contributed by atoms with Crippen molar-refractivity contribution in [2.24, 2.45) is 57.1 Å². The number of rotatable bonds is 55. The molecule has 38 heteroatoms. The number of H-pyrrole nitrogens is 1. The number of carboxylic acid groups (broad SMARTS) is 2. The van der Waals surface area contributed by atoms with Gasteiger partial charge in [-0.1, -0.05) is 103 Å². The minimum Gasteiger partial charge on any atom is -0.481 e. The van der Waals surface area contributed by atoms with Crippen molar-refractivity contribution < 1.29 is 82.1 Å². The Morgan fingerprint density at radius 1 is 0.451 bits per heavy atom. The fourth-order valence-electron chi connectivity index (χ4n) is 11.8. The summed E-state index contributed by atoms with van der Waals surface area (Å²) in [6, 6.07) is 1.04. The van der Waals surface area contributed by atoms with Crippen LogP contribution in [0, 0.1) is 17.8 Å². The summed E-state index contributed by atoms with van der Waals surface area (Å²) in [5.41, 5.74) is 35.8. The number of nitrogens with two attached hydrogens (primary N) is 6. The highest BCUT2D eigenvalue weighted by Gasteiger charge is 2.38. The van der Waals surface area contributed by atoms with Crippen molar-refractivity contribution in [3.05, 3.63) is 71.9 Å². The van der Waals surface area contributed by atoms with Gasteiger partial charge in [-0.05, 0) is 139 Å². The van der Waals surface area contributed by atoms with Crippen LogP contribution in [0.25, 0.3) is 10.9 Å². The number of amides is 13. The van der Waals surface area contributed by atoms with Crippen molar-refractivity contribution in [1.29, 1.82) is 0 Å². The number of fused-ring (bicyclic) bond motifs is 1. The highest BCUT2D eigenvalue weighted by Crippen LogP contribution is 2.21. The van der Waals surface area contributed by atoms with E-state index in [1.807, 2.05) is 0 Å². The van der Waals surface area contributed by atoms with Crippen molar-refractivity contribution in [2.75, 3.05) is 45.8 Å². The standard InChI is InChI=1S/C75H121N21O17/c1-8-44(6)63(96-71(109)56(36-46-21-10-9-11-22-46)94-68(106)53(29-30-61(100)101)90-65(103)49(79)24-14-17-31-76)73(111)87-45(7)64(102)92-57(37-47-38-83-50-25-13-12-23-48(47)50)69(107)93-55(35-42(2)3)70(108)95-62(43(4)5)72(110)91-52(26-15-18-32-77)67(105)86-41-60(99)88-51(28-20-34-82-75(80)81)66(104)85-39-58(97)84-40-59(98)89-54(74(112)113)27-16-19-33-78/h9-13,21-23,25,38,42-45,49,51-57,62-63,83H,8,14-20,24,26-37,39-41,76-79H2,1-7H3,(H,84,97)(H,85,104)(H,86,105)(H,87,111)(H,88,99)(H,89,98)(H,90,103)(H,91,110)(H,92,102)(H,93,107)(H,94,106)(H,95,108)(H,96,109)(H,100,101)(H,112,113)(H4,80,81,82)/t44-,45-,49-,51-,52-,53-,54-,55-,56-,57-,62-,63-/m0/s1. The number of carboxylic acids is 2. The normalized spacial score (nSPS) is 14.3. The number of nitrogens with one attached hydrogen (secondary N) is 14. The first-order valence-electron chi connectivity index (χ1n) is 38.4. The van der Waals surface area contributed by atoms with Crippen LogP contribution in [0.1, 0.15) is 156 Å². The number of para-hydroxylation sites is 1. The molecule has 3 rings (SSSR count). The van der Waals surface area contributed by atoms with Crippen LogP contribution in [0.3, 0.4) is 0 Å². The van der Waals surface area contributed by atoms with Crippen LogP contribution in [0.5, 0.6) is 0 Å². The number of nitrogens with zero attached hydrogens (tertiary/aromatic N) is 1. The van der Waals surface area contributed by atoms with Crippen LogP contribution in [-0.2, 0) is 84.8 Å². The second kappa shape index (κ2) is 51.6. The van der Waals surface area contributed by atoms with Crippen LogP contribution >= 0.6 is 0 Å². The summed E-state index contributed by atoms with van der Waals surface area (Å²) >= 11 is 0. The molecule has 13 amide bonds. The highest BCUT2D eigenvalue weighted by atomic mass is 16.4. The van der Waals surface area contributed by atoms with Crippen molar-refractivity contribution in [2.45, 2.75) is 224 Å². The Hall–Kier alpha value is -10.9. The molecule has 38 nitrogen and oxygen atoms in total. The quantitative estimate of drug-likeness (QED) is 0.0149. The fraction of sp³-hybridized carbons (Fsp3) is 0.600. The molecule has 0 unspecified atom stereocenters. The predicted octanol–water partition coefficient (Wildman–Crippen LogP) is -3.36. The van der Waals surface area contributed by atoms with Crippen molar-refractivity contribution >= 4 is 106 Å². The monoisotopic (exact) mass is 1590 g/mol. The molecule has 0 fully saturated rings. The number of hydrogen-bond acceptors (Lipinski definition) is 20. The maximum Gasteiger partial charge on any atom is 0.326 e. The molecule has 0 aliphatic carbocycles. The maximum atomic E-state index is 14.9. The zero-order chi connectivity index (χ0) is 84.3. The second-order valence-electron chi connectivity index (χ2n) is 28.7. The third-order valence-electron chi connectivity index (χ3n) is 18.4. The van der Waals surface area contributed by atoms with E-state index in [-0.39, 0.29) is 82.8 Å². The number of carbonyl (C=O) groups excluding carboxylic acids is 13. The van der Waals surface area contributed by atoms with Gasteiger partial charge in [0.1, 0.15) is 60.4 Å². The van der Waals surface area contributed by atoms with Crippen molar-refractivity contribution in [3.8, 4) is 0 Å². The average molecular weight is 1590 g/mol. The van der Waals surface area contributed by atoms with Gasteiger partial charge in [-0.3, -0.25) is 72.1 Å². The SMILES string of the molecule is CC[C@H](C)[C@H](NC(=O)[C@H](Cc1ccccc1)NC(=O)[C@H](CCC(=O)O)NC(=O)[C@@H](N)CCCCN)C(=O)N[C@@H](C)C(=O)N[C@@H](Cc1c[nH]c2ccccc12)C(=O)N[C@@H](CC(C)C)C(=O)N[C@H](C(=O)N[C@@H](CCCCN)C(=O)NCC(=O)N[C@@H](CCCN=C(N)N)C(=O)NCC(=O)NCC(=O)N[C@@H](CCCCN)C(=O)O)C(C)C. The number of guanidine groups is 1. The topological polar surface area (TPSA) is 637 Å². The molecule has 3 aromatic rings. The lowest BCUT2D eigenvalue weighted by Gasteiger charge is -2.29. The van der Waals surface area contributed by atoms with Crippen LogP contribution in [0.2, 0.25) is 0 Å². The molecular formula is C75H121N21O17. The third kappa shape index (κ3) is 36.5. The van der Waals surface area contributed by atoms with E-state index in [9.17, 15) is 82.1 Å². The Balaban J connectivity index is 1.87. The number of aromatic nitrogens is 1. The summed E-state index contributed by atoms with van der Waals surface area (Å²) in [5, 5.41) is 53.2. The Bertz CT molecular complexity index is 3650. The lowest BCUT2D eigenvalue weighted by Crippen LogP contribution is -2.61. The molecule has 0 aliphatic rings. The van der Waals surface area contributed by atoms with E-state index in [1.54, 1.807) is 102 Å². The van der Waals surface area contributed by atoms with Gasteiger partial charge in [0.25, 0.3) is 0 Å². The molecule has 12 atom stereocenters. The lowest BCUT2D eigenvalue weighted by molar-refractivity contribution is -0.142. The zero-order valence-electron chi connectivity index (χ0n) is 65.8. The molecule has 628 valence electrons.